The lowest BCUT2D eigenvalue weighted by Crippen LogP contribution is -2.58. The Labute approximate surface area is 129 Å². The van der Waals surface area contributed by atoms with Crippen molar-refractivity contribution in [1.82, 2.24) is 20.0 Å². The van der Waals surface area contributed by atoms with E-state index in [-0.39, 0.29) is 0 Å². The predicted octanol–water partition coefficient (Wildman–Crippen LogP) is 2.61. The number of nitrogens with zero attached hydrogens (tertiary/aromatic N) is 3. The molecule has 1 aromatic rings. The van der Waals surface area contributed by atoms with Crippen LogP contribution in [-0.2, 0) is 13.0 Å². The maximum absolute atomic E-state index is 4.61. The molecule has 1 aliphatic carbocycles. The van der Waals surface area contributed by atoms with Crippen LogP contribution in [0.15, 0.2) is 6.07 Å². The molecule has 1 fully saturated rings. The molecule has 0 spiro atoms. The lowest BCUT2D eigenvalue weighted by molar-refractivity contribution is 0.104. The second-order valence-corrected chi connectivity index (χ2v) is 6.61. The fourth-order valence-electron chi connectivity index (χ4n) is 4.04. The van der Waals surface area contributed by atoms with Crippen molar-refractivity contribution in [3.05, 3.63) is 17.5 Å². The van der Waals surface area contributed by atoms with Gasteiger partial charge in [-0.2, -0.15) is 5.10 Å². The topological polar surface area (TPSA) is 33.1 Å². The van der Waals surface area contributed by atoms with Gasteiger partial charge in [0.15, 0.2) is 0 Å². The minimum absolute atomic E-state index is 0.298. The third-order valence-corrected chi connectivity index (χ3v) is 5.16. The third-order valence-electron chi connectivity index (χ3n) is 5.16. The monoisotopic (exact) mass is 292 g/mol. The van der Waals surface area contributed by atoms with E-state index in [0.29, 0.717) is 11.6 Å². The number of aromatic nitrogens is 2. The highest BCUT2D eigenvalue weighted by atomic mass is 15.3. The van der Waals surface area contributed by atoms with Crippen molar-refractivity contribution < 1.29 is 0 Å². The smallest absolute Gasteiger partial charge is 0.0596 e. The van der Waals surface area contributed by atoms with Crippen LogP contribution in [0.25, 0.3) is 0 Å². The summed E-state index contributed by atoms with van der Waals surface area (Å²) in [5, 5.41) is 8.38. The molecule has 1 saturated carbocycles. The molecule has 1 aliphatic rings. The summed E-state index contributed by atoms with van der Waals surface area (Å²) in [6.45, 7) is 8.47. The van der Waals surface area contributed by atoms with Crippen molar-refractivity contribution in [3.8, 4) is 0 Å². The van der Waals surface area contributed by atoms with Gasteiger partial charge in [-0.05, 0) is 53.4 Å². The zero-order chi connectivity index (χ0) is 15.5. The van der Waals surface area contributed by atoms with Crippen molar-refractivity contribution in [1.29, 1.82) is 0 Å². The van der Waals surface area contributed by atoms with Gasteiger partial charge in [-0.15, -0.1) is 0 Å². The summed E-state index contributed by atoms with van der Waals surface area (Å²) in [5.74, 6) is 0. The average Bonchev–Trinajstić information content (AvgIpc) is 3.05. The second kappa shape index (κ2) is 6.93. The summed E-state index contributed by atoms with van der Waals surface area (Å²) >= 11 is 0. The van der Waals surface area contributed by atoms with Gasteiger partial charge in [0.2, 0.25) is 0 Å². The van der Waals surface area contributed by atoms with Crippen molar-refractivity contribution >= 4 is 0 Å². The van der Waals surface area contributed by atoms with E-state index in [4.69, 9.17) is 0 Å². The second-order valence-electron chi connectivity index (χ2n) is 6.61. The molecule has 21 heavy (non-hydrogen) atoms. The van der Waals surface area contributed by atoms with Gasteiger partial charge in [-0.1, -0.05) is 19.8 Å². The van der Waals surface area contributed by atoms with Crippen molar-refractivity contribution in [3.63, 3.8) is 0 Å². The molecule has 1 unspecified atom stereocenters. The first-order chi connectivity index (χ1) is 10.0. The van der Waals surface area contributed by atoms with Gasteiger partial charge in [0, 0.05) is 30.2 Å². The summed E-state index contributed by atoms with van der Waals surface area (Å²) < 4.78 is 2.16. The van der Waals surface area contributed by atoms with E-state index in [0.717, 1.165) is 25.2 Å². The Balaban J connectivity index is 2.25. The Kier molecular flexibility index (Phi) is 5.44. The number of nitrogens with one attached hydrogen (secondary N) is 1. The molecule has 0 aromatic carbocycles. The molecular weight excluding hydrogens is 260 g/mol. The summed E-state index contributed by atoms with van der Waals surface area (Å²) in [6, 6.07) is 2.76. The van der Waals surface area contributed by atoms with E-state index in [1.165, 1.54) is 31.4 Å². The van der Waals surface area contributed by atoms with Crippen LogP contribution in [0.5, 0.6) is 0 Å². The van der Waals surface area contributed by atoms with Crippen LogP contribution in [0.3, 0.4) is 0 Å². The number of hydrogen-bond donors (Lipinski definition) is 1. The van der Waals surface area contributed by atoms with E-state index in [1.54, 1.807) is 0 Å². The first kappa shape index (κ1) is 16.5. The molecule has 0 radical (unpaired) electrons. The molecule has 1 atom stereocenters. The quantitative estimate of drug-likeness (QED) is 0.838. The molecule has 1 heterocycles. The summed E-state index contributed by atoms with van der Waals surface area (Å²) in [6.07, 6.45) is 6.38. The van der Waals surface area contributed by atoms with Crippen LogP contribution in [-0.4, -0.2) is 46.9 Å². The minimum Gasteiger partial charge on any atom is -0.312 e. The molecule has 0 bridgehead atoms. The minimum atomic E-state index is 0.298. The van der Waals surface area contributed by atoms with Gasteiger partial charge < -0.3 is 10.2 Å². The lowest BCUT2D eigenvalue weighted by atomic mass is 9.84. The molecule has 1 aromatic heterocycles. The van der Waals surface area contributed by atoms with Crippen LogP contribution in [0.2, 0.25) is 0 Å². The largest absolute Gasteiger partial charge is 0.312 e. The van der Waals surface area contributed by atoms with Crippen LogP contribution in [0, 0.1) is 6.92 Å². The van der Waals surface area contributed by atoms with Gasteiger partial charge in [0.05, 0.1) is 5.69 Å². The van der Waals surface area contributed by atoms with E-state index in [2.05, 4.69) is 60.9 Å². The zero-order valence-electron chi connectivity index (χ0n) is 14.4. The zero-order valence-corrected chi connectivity index (χ0v) is 14.4. The normalized spacial score (nSPS) is 19.3. The van der Waals surface area contributed by atoms with E-state index in [9.17, 15) is 0 Å². The standard InChI is InChI=1S/C17H32N4/c1-6-18-16(17(20(4)5)10-8-9-11-17)13-15-12-14(3)19-21(15)7-2/h12,16,18H,6-11,13H2,1-5H3. The molecule has 0 amide bonds. The van der Waals surface area contributed by atoms with Gasteiger partial charge in [-0.3, -0.25) is 4.68 Å². The van der Waals surface area contributed by atoms with E-state index >= 15 is 0 Å². The molecule has 4 heteroatoms. The summed E-state index contributed by atoms with van der Waals surface area (Å²) in [7, 11) is 4.50. The lowest BCUT2D eigenvalue weighted by Gasteiger charge is -2.44. The highest BCUT2D eigenvalue weighted by Gasteiger charge is 2.43. The molecule has 120 valence electrons. The average molecular weight is 292 g/mol. The number of hydrogen-bond acceptors (Lipinski definition) is 3. The van der Waals surface area contributed by atoms with Crippen LogP contribution in [0.4, 0.5) is 0 Å². The van der Waals surface area contributed by atoms with Crippen molar-refractivity contribution in [2.75, 3.05) is 20.6 Å². The van der Waals surface area contributed by atoms with Gasteiger partial charge in [0.1, 0.15) is 0 Å². The van der Waals surface area contributed by atoms with Gasteiger partial charge in [0.25, 0.3) is 0 Å². The molecule has 1 N–H and O–H groups in total. The fraction of sp³-hybridized carbons (Fsp3) is 0.824. The van der Waals surface area contributed by atoms with Crippen LogP contribution >= 0.6 is 0 Å². The van der Waals surface area contributed by atoms with E-state index < -0.39 is 0 Å². The highest BCUT2D eigenvalue weighted by molar-refractivity contribution is 5.14. The van der Waals surface area contributed by atoms with Gasteiger partial charge in [-0.25, -0.2) is 0 Å². The summed E-state index contributed by atoms with van der Waals surface area (Å²) in [4.78, 5) is 2.47. The maximum atomic E-state index is 4.61. The van der Waals surface area contributed by atoms with Crippen LogP contribution < -0.4 is 5.32 Å². The molecular formula is C17H32N4. The fourth-order valence-corrected chi connectivity index (χ4v) is 4.04. The number of likely N-dealkylation sites (N-methyl/N-ethyl adjacent to an activating group) is 2. The Morgan fingerprint density at radius 1 is 1.33 bits per heavy atom. The Hall–Kier alpha value is -0.870. The molecule has 0 saturated heterocycles. The summed E-state index contributed by atoms with van der Waals surface area (Å²) in [5.41, 5.74) is 2.80. The Morgan fingerprint density at radius 3 is 2.52 bits per heavy atom. The SMILES string of the molecule is CCNC(Cc1cc(C)nn1CC)C1(N(C)C)CCCC1. The maximum Gasteiger partial charge on any atom is 0.0596 e. The Bertz CT molecular complexity index is 444. The molecule has 0 aliphatic heterocycles. The van der Waals surface area contributed by atoms with Crippen molar-refractivity contribution in [2.45, 2.75) is 71.0 Å². The van der Waals surface area contributed by atoms with Crippen LogP contribution in [0.1, 0.15) is 50.9 Å². The first-order valence-electron chi connectivity index (χ1n) is 8.47. The van der Waals surface area contributed by atoms with E-state index in [1.807, 2.05) is 0 Å². The van der Waals surface area contributed by atoms with Crippen molar-refractivity contribution in [2.24, 2.45) is 0 Å². The molecule has 2 rings (SSSR count). The third kappa shape index (κ3) is 3.32. The number of aryl methyl sites for hydroxylation is 2. The predicted molar refractivity (Wildman–Crippen MR) is 88.7 cm³/mol. The number of rotatable bonds is 7. The first-order valence-corrected chi connectivity index (χ1v) is 8.47. The molecule has 4 nitrogen and oxygen atoms in total. The van der Waals surface area contributed by atoms with Gasteiger partial charge >= 0.3 is 0 Å². The highest BCUT2D eigenvalue weighted by Crippen LogP contribution is 2.37. The Morgan fingerprint density at radius 2 is 2.00 bits per heavy atom.